The Balaban J connectivity index is 1.93. The Kier molecular flexibility index (Phi) is 5.32. The van der Waals surface area contributed by atoms with Crippen LogP contribution in [0.15, 0.2) is 47.4 Å². The van der Waals surface area contributed by atoms with E-state index in [4.69, 9.17) is 0 Å². The van der Waals surface area contributed by atoms with Crippen LogP contribution in [0.2, 0.25) is 0 Å². The zero-order valence-corrected chi connectivity index (χ0v) is 14.6. The summed E-state index contributed by atoms with van der Waals surface area (Å²) in [5.74, 6) is -0.463. The van der Waals surface area contributed by atoms with Crippen LogP contribution in [0.3, 0.4) is 0 Å². The number of carbonyl (C=O) groups is 2. The number of carbonyl (C=O) groups excluding carboxylic acids is 2. The van der Waals surface area contributed by atoms with Crippen LogP contribution >= 0.6 is 0 Å². The second kappa shape index (κ2) is 7.66. The topological polar surface area (TPSA) is 88.4 Å². The summed E-state index contributed by atoms with van der Waals surface area (Å²) in [5.41, 5.74) is 0.788. The first kappa shape index (κ1) is 18.1. The molecule has 1 heterocycles. The number of Topliss-reactive ketones (excluding diaryl/α,β-unsaturated/α-hetero) is 1. The first-order valence-corrected chi connectivity index (χ1v) is 8.69. The van der Waals surface area contributed by atoms with Gasteiger partial charge in [-0.05, 0) is 30.4 Å². The van der Waals surface area contributed by atoms with Crippen LogP contribution < -0.4 is 10.9 Å². The van der Waals surface area contributed by atoms with E-state index in [0.29, 0.717) is 24.8 Å². The van der Waals surface area contributed by atoms with Gasteiger partial charge in [-0.1, -0.05) is 30.3 Å². The van der Waals surface area contributed by atoms with Gasteiger partial charge in [0, 0.05) is 25.2 Å². The van der Waals surface area contributed by atoms with Gasteiger partial charge in [0.25, 0.3) is 11.5 Å². The third-order valence-electron chi connectivity index (χ3n) is 4.76. The van der Waals surface area contributed by atoms with Crippen LogP contribution in [0, 0.1) is 5.92 Å². The standard InChI is InChI=1S/C20H22N2O4/c1-21-19(25)17-10-15(18(24)9-14-7-16(23)8-14)12-22(20(17)26)11-13-5-3-2-4-6-13/h2-6,10,12,14,16,23H,7-9,11H2,1H3,(H,21,25). The molecule has 26 heavy (non-hydrogen) atoms. The fraction of sp³-hybridized carbons (Fsp3) is 0.350. The summed E-state index contributed by atoms with van der Waals surface area (Å²) in [7, 11) is 1.45. The van der Waals surface area contributed by atoms with Crippen molar-refractivity contribution in [2.75, 3.05) is 7.05 Å². The lowest BCUT2D eigenvalue weighted by Crippen LogP contribution is -2.33. The maximum absolute atomic E-state index is 12.6. The highest BCUT2D eigenvalue weighted by atomic mass is 16.3. The van der Waals surface area contributed by atoms with E-state index in [1.54, 1.807) is 0 Å². The van der Waals surface area contributed by atoms with Gasteiger partial charge in [-0.3, -0.25) is 14.4 Å². The molecule has 2 aromatic rings. The van der Waals surface area contributed by atoms with Gasteiger partial charge in [0.1, 0.15) is 5.56 Å². The molecule has 1 aromatic carbocycles. The predicted molar refractivity (Wildman–Crippen MR) is 97.3 cm³/mol. The van der Waals surface area contributed by atoms with E-state index >= 15 is 0 Å². The molecule has 0 atom stereocenters. The molecule has 1 fully saturated rings. The van der Waals surface area contributed by atoms with Gasteiger partial charge < -0.3 is 15.0 Å². The van der Waals surface area contributed by atoms with Crippen molar-refractivity contribution >= 4 is 11.7 Å². The number of amides is 1. The first-order chi connectivity index (χ1) is 12.5. The highest BCUT2D eigenvalue weighted by molar-refractivity contribution is 6.00. The van der Waals surface area contributed by atoms with Crippen LogP contribution in [0.1, 0.15) is 45.5 Å². The quantitative estimate of drug-likeness (QED) is 0.771. The SMILES string of the molecule is CNC(=O)c1cc(C(=O)CC2CC(O)C2)cn(Cc2ccccc2)c1=O. The number of aliphatic hydroxyl groups is 1. The number of nitrogens with one attached hydrogen (secondary N) is 1. The number of benzene rings is 1. The molecular formula is C20H22N2O4. The highest BCUT2D eigenvalue weighted by Crippen LogP contribution is 2.31. The van der Waals surface area contributed by atoms with E-state index in [9.17, 15) is 19.5 Å². The summed E-state index contributed by atoms with van der Waals surface area (Å²) in [4.78, 5) is 37.3. The van der Waals surface area contributed by atoms with Gasteiger partial charge in [0.05, 0.1) is 12.6 Å². The number of aromatic nitrogens is 1. The van der Waals surface area contributed by atoms with Gasteiger partial charge >= 0.3 is 0 Å². The Morgan fingerprint density at radius 2 is 1.92 bits per heavy atom. The lowest BCUT2D eigenvalue weighted by atomic mass is 9.78. The third kappa shape index (κ3) is 3.91. The number of ketones is 1. The van der Waals surface area contributed by atoms with E-state index in [0.717, 1.165) is 5.56 Å². The Labute approximate surface area is 151 Å². The van der Waals surface area contributed by atoms with Crippen molar-refractivity contribution in [1.82, 2.24) is 9.88 Å². The van der Waals surface area contributed by atoms with Crippen molar-refractivity contribution in [2.24, 2.45) is 5.92 Å². The van der Waals surface area contributed by atoms with Crippen molar-refractivity contribution in [1.29, 1.82) is 0 Å². The molecule has 0 saturated heterocycles. The molecule has 0 bridgehead atoms. The maximum Gasteiger partial charge on any atom is 0.263 e. The predicted octanol–water partition coefficient (Wildman–Crippen LogP) is 1.60. The Morgan fingerprint density at radius 3 is 2.54 bits per heavy atom. The lowest BCUT2D eigenvalue weighted by Gasteiger charge is -2.30. The van der Waals surface area contributed by atoms with Crippen LogP contribution in [0.25, 0.3) is 0 Å². The molecule has 6 nitrogen and oxygen atoms in total. The van der Waals surface area contributed by atoms with Gasteiger partial charge in [-0.15, -0.1) is 0 Å². The largest absolute Gasteiger partial charge is 0.393 e. The average Bonchev–Trinajstić information content (AvgIpc) is 2.62. The Hall–Kier alpha value is -2.73. The van der Waals surface area contributed by atoms with Gasteiger partial charge in [0.15, 0.2) is 5.78 Å². The molecule has 136 valence electrons. The molecule has 0 spiro atoms. The number of nitrogens with zero attached hydrogens (tertiary/aromatic N) is 1. The van der Waals surface area contributed by atoms with E-state index in [1.807, 2.05) is 30.3 Å². The molecule has 3 rings (SSSR count). The minimum Gasteiger partial charge on any atom is -0.393 e. The molecule has 1 amide bonds. The lowest BCUT2D eigenvalue weighted by molar-refractivity contribution is 0.0381. The minimum absolute atomic E-state index is 0.0390. The fourth-order valence-electron chi connectivity index (χ4n) is 3.23. The van der Waals surface area contributed by atoms with Crippen LogP contribution in [-0.2, 0) is 6.54 Å². The fourth-order valence-corrected chi connectivity index (χ4v) is 3.23. The van der Waals surface area contributed by atoms with E-state index in [2.05, 4.69) is 5.32 Å². The number of pyridine rings is 1. The van der Waals surface area contributed by atoms with Gasteiger partial charge in [0.2, 0.25) is 0 Å². The van der Waals surface area contributed by atoms with Crippen LogP contribution in [0.4, 0.5) is 0 Å². The molecule has 1 aliphatic carbocycles. The monoisotopic (exact) mass is 354 g/mol. The number of hydrogen-bond donors (Lipinski definition) is 2. The summed E-state index contributed by atoms with van der Waals surface area (Å²) in [5, 5.41) is 11.8. The van der Waals surface area contributed by atoms with E-state index in [-0.39, 0.29) is 29.9 Å². The van der Waals surface area contributed by atoms with Crippen molar-refractivity contribution in [3.05, 3.63) is 69.6 Å². The van der Waals surface area contributed by atoms with Gasteiger partial charge in [-0.25, -0.2) is 0 Å². The molecule has 6 heteroatoms. The van der Waals surface area contributed by atoms with Crippen LogP contribution in [-0.4, -0.2) is 34.5 Å². The molecular weight excluding hydrogens is 332 g/mol. The van der Waals surface area contributed by atoms with E-state index < -0.39 is 11.5 Å². The average molecular weight is 354 g/mol. The van der Waals surface area contributed by atoms with Crippen molar-refractivity contribution < 1.29 is 14.7 Å². The molecule has 2 N–H and O–H groups in total. The van der Waals surface area contributed by atoms with Crippen molar-refractivity contribution in [3.8, 4) is 0 Å². The van der Waals surface area contributed by atoms with Crippen molar-refractivity contribution in [3.63, 3.8) is 0 Å². The summed E-state index contributed by atoms with van der Waals surface area (Å²) < 4.78 is 1.41. The maximum atomic E-state index is 12.6. The molecule has 0 unspecified atom stereocenters. The summed E-state index contributed by atoms with van der Waals surface area (Å²) in [6.45, 7) is 0.285. The molecule has 0 radical (unpaired) electrons. The second-order valence-electron chi connectivity index (χ2n) is 6.76. The zero-order chi connectivity index (χ0) is 18.7. The van der Waals surface area contributed by atoms with Gasteiger partial charge in [-0.2, -0.15) is 0 Å². The summed E-state index contributed by atoms with van der Waals surface area (Å²) >= 11 is 0. The van der Waals surface area contributed by atoms with Crippen molar-refractivity contribution in [2.45, 2.75) is 31.9 Å². The Morgan fingerprint density at radius 1 is 1.23 bits per heavy atom. The number of hydrogen-bond acceptors (Lipinski definition) is 4. The molecule has 1 saturated carbocycles. The third-order valence-corrected chi connectivity index (χ3v) is 4.76. The second-order valence-corrected chi connectivity index (χ2v) is 6.76. The number of aliphatic hydroxyl groups excluding tert-OH is 1. The number of rotatable bonds is 6. The minimum atomic E-state index is -0.509. The smallest absolute Gasteiger partial charge is 0.263 e. The molecule has 1 aliphatic rings. The summed E-state index contributed by atoms with van der Waals surface area (Å²) in [6, 6.07) is 10.8. The van der Waals surface area contributed by atoms with E-state index in [1.165, 1.54) is 23.9 Å². The highest BCUT2D eigenvalue weighted by Gasteiger charge is 2.29. The first-order valence-electron chi connectivity index (χ1n) is 8.69. The Bertz CT molecular complexity index is 867. The molecule has 1 aromatic heterocycles. The van der Waals surface area contributed by atoms with Crippen LogP contribution in [0.5, 0.6) is 0 Å². The summed E-state index contributed by atoms with van der Waals surface area (Å²) in [6.07, 6.45) is 2.77. The molecule has 0 aliphatic heterocycles. The zero-order valence-electron chi connectivity index (χ0n) is 14.6. The normalized spacial score (nSPS) is 18.8.